The number of nitrogens with one attached hydrogen (secondary N) is 2. The highest BCUT2D eigenvalue weighted by Crippen LogP contribution is 2.28. The van der Waals surface area contributed by atoms with Gasteiger partial charge in [0.2, 0.25) is 0 Å². The van der Waals surface area contributed by atoms with Crippen LogP contribution in [0.4, 0.5) is 5.82 Å². The fraction of sp³-hybridized carbons (Fsp3) is 0.333. The van der Waals surface area contributed by atoms with Crippen molar-refractivity contribution in [3.63, 3.8) is 0 Å². The summed E-state index contributed by atoms with van der Waals surface area (Å²) in [6.07, 6.45) is 5.79. The normalized spacial score (nSPS) is 11.3. The highest BCUT2D eigenvalue weighted by Gasteiger charge is 2.07. The Balaban J connectivity index is 1.14. The maximum Gasteiger partial charge on any atom is 0.134 e. The third-order valence-electron chi connectivity index (χ3n) is 5.64. The average Bonchev–Trinajstić information content (AvgIpc) is 2.84. The predicted octanol–water partition coefficient (Wildman–Crippen LogP) is 4.58. The van der Waals surface area contributed by atoms with Gasteiger partial charge in [0.15, 0.2) is 0 Å². The number of anilines is 1. The van der Waals surface area contributed by atoms with Gasteiger partial charge in [0, 0.05) is 48.2 Å². The molecule has 0 unspecified atom stereocenters. The SMILES string of the molecule is Cc1cc(CO)cc(CNCCCCOCCNc2nc3ccccc3c3cnccc23)c1. The molecule has 33 heavy (non-hydrogen) atoms. The molecule has 4 rings (SSSR count). The van der Waals surface area contributed by atoms with Crippen LogP contribution in [-0.4, -0.2) is 41.4 Å². The van der Waals surface area contributed by atoms with Crippen LogP contribution >= 0.6 is 0 Å². The molecular formula is C27H32N4O2. The number of fused-ring (bicyclic) bond motifs is 3. The van der Waals surface area contributed by atoms with Crippen LogP contribution in [0.3, 0.4) is 0 Å². The fourth-order valence-corrected chi connectivity index (χ4v) is 4.10. The number of hydrogen-bond acceptors (Lipinski definition) is 6. The van der Waals surface area contributed by atoms with E-state index in [4.69, 9.17) is 9.72 Å². The van der Waals surface area contributed by atoms with Crippen LogP contribution in [0, 0.1) is 6.92 Å². The molecule has 0 atom stereocenters. The number of aliphatic hydroxyl groups excluding tert-OH is 1. The highest BCUT2D eigenvalue weighted by molar-refractivity contribution is 6.09. The van der Waals surface area contributed by atoms with Crippen LogP contribution in [0.5, 0.6) is 0 Å². The van der Waals surface area contributed by atoms with Gasteiger partial charge in [0.05, 0.1) is 18.7 Å². The number of aryl methyl sites for hydroxylation is 1. The molecule has 0 spiro atoms. The summed E-state index contributed by atoms with van der Waals surface area (Å²) in [7, 11) is 0. The molecule has 0 saturated heterocycles. The summed E-state index contributed by atoms with van der Waals surface area (Å²) in [6.45, 7) is 6.02. The second-order valence-electron chi connectivity index (χ2n) is 8.31. The number of benzene rings is 2. The van der Waals surface area contributed by atoms with Gasteiger partial charge in [-0.05, 0) is 49.6 Å². The van der Waals surface area contributed by atoms with Crippen LogP contribution in [0.15, 0.2) is 60.9 Å². The summed E-state index contributed by atoms with van der Waals surface area (Å²) < 4.78 is 5.81. The number of para-hydroxylation sites is 1. The van der Waals surface area contributed by atoms with Gasteiger partial charge < -0.3 is 20.5 Å². The molecule has 0 amide bonds. The molecule has 172 valence electrons. The van der Waals surface area contributed by atoms with Crippen molar-refractivity contribution in [2.24, 2.45) is 0 Å². The Kier molecular flexibility index (Phi) is 8.19. The number of aliphatic hydroxyl groups is 1. The number of rotatable bonds is 12. The lowest BCUT2D eigenvalue weighted by Crippen LogP contribution is -2.16. The van der Waals surface area contributed by atoms with Crippen molar-refractivity contribution in [1.82, 2.24) is 15.3 Å². The van der Waals surface area contributed by atoms with Crippen molar-refractivity contribution >= 4 is 27.5 Å². The Bertz CT molecular complexity index is 1200. The molecule has 6 nitrogen and oxygen atoms in total. The van der Waals surface area contributed by atoms with Gasteiger partial charge in [-0.25, -0.2) is 4.98 Å². The molecule has 0 fully saturated rings. The molecule has 0 saturated carbocycles. The third-order valence-corrected chi connectivity index (χ3v) is 5.64. The van der Waals surface area contributed by atoms with Gasteiger partial charge in [0.1, 0.15) is 5.82 Å². The zero-order valence-electron chi connectivity index (χ0n) is 19.2. The lowest BCUT2D eigenvalue weighted by atomic mass is 10.1. The molecule has 2 heterocycles. The molecule has 2 aromatic heterocycles. The van der Waals surface area contributed by atoms with E-state index in [-0.39, 0.29) is 6.61 Å². The minimum absolute atomic E-state index is 0.0885. The topological polar surface area (TPSA) is 79.3 Å². The molecule has 0 radical (unpaired) electrons. The predicted molar refractivity (Wildman–Crippen MR) is 134 cm³/mol. The van der Waals surface area contributed by atoms with Gasteiger partial charge in [0.25, 0.3) is 0 Å². The first-order valence-corrected chi connectivity index (χ1v) is 11.6. The van der Waals surface area contributed by atoms with Crippen LogP contribution in [0.1, 0.15) is 29.5 Å². The minimum atomic E-state index is 0.0885. The van der Waals surface area contributed by atoms with Crippen LogP contribution < -0.4 is 10.6 Å². The molecule has 0 aliphatic carbocycles. The summed E-state index contributed by atoms with van der Waals surface area (Å²) in [5.41, 5.74) is 4.33. The number of hydrogen-bond donors (Lipinski definition) is 3. The summed E-state index contributed by atoms with van der Waals surface area (Å²) in [6, 6.07) is 16.4. The number of ether oxygens (including phenoxy) is 1. The van der Waals surface area contributed by atoms with Crippen molar-refractivity contribution in [2.45, 2.75) is 32.9 Å². The lowest BCUT2D eigenvalue weighted by molar-refractivity contribution is 0.140. The highest BCUT2D eigenvalue weighted by atomic mass is 16.5. The third kappa shape index (κ3) is 6.26. The summed E-state index contributed by atoms with van der Waals surface area (Å²) in [5.74, 6) is 0.874. The molecule has 2 aromatic carbocycles. The van der Waals surface area contributed by atoms with E-state index in [9.17, 15) is 5.11 Å². The second-order valence-corrected chi connectivity index (χ2v) is 8.31. The van der Waals surface area contributed by atoms with Crippen molar-refractivity contribution in [3.05, 3.63) is 77.6 Å². The van der Waals surface area contributed by atoms with Crippen LogP contribution in [0.2, 0.25) is 0 Å². The van der Waals surface area contributed by atoms with Gasteiger partial charge in [-0.15, -0.1) is 0 Å². The van der Waals surface area contributed by atoms with Crippen molar-refractivity contribution in [1.29, 1.82) is 0 Å². The Morgan fingerprint density at radius 1 is 0.909 bits per heavy atom. The van der Waals surface area contributed by atoms with Crippen molar-refractivity contribution < 1.29 is 9.84 Å². The quantitative estimate of drug-likeness (QED) is 0.219. The maximum absolute atomic E-state index is 9.33. The second kappa shape index (κ2) is 11.7. The fourth-order valence-electron chi connectivity index (χ4n) is 4.10. The van der Waals surface area contributed by atoms with Crippen LogP contribution in [0.25, 0.3) is 21.7 Å². The van der Waals surface area contributed by atoms with Gasteiger partial charge >= 0.3 is 0 Å². The van der Waals surface area contributed by atoms with E-state index in [1.54, 1.807) is 6.20 Å². The van der Waals surface area contributed by atoms with E-state index < -0.39 is 0 Å². The Labute approximate surface area is 195 Å². The molecule has 4 aromatic rings. The first-order valence-electron chi connectivity index (χ1n) is 11.6. The van der Waals surface area contributed by atoms with Gasteiger partial charge in [-0.3, -0.25) is 4.98 Å². The number of aromatic nitrogens is 2. The first kappa shape index (κ1) is 23.1. The van der Waals surface area contributed by atoms with E-state index in [0.29, 0.717) is 13.2 Å². The molecular weight excluding hydrogens is 412 g/mol. The number of nitrogens with zero attached hydrogens (tertiary/aromatic N) is 2. The monoisotopic (exact) mass is 444 g/mol. The van der Waals surface area contributed by atoms with Crippen LogP contribution in [-0.2, 0) is 17.9 Å². The van der Waals surface area contributed by atoms with Gasteiger partial charge in [-0.1, -0.05) is 42.0 Å². The minimum Gasteiger partial charge on any atom is -0.392 e. The Morgan fingerprint density at radius 2 is 1.79 bits per heavy atom. The lowest BCUT2D eigenvalue weighted by Gasteiger charge is -2.11. The zero-order valence-corrected chi connectivity index (χ0v) is 19.2. The van der Waals surface area contributed by atoms with E-state index >= 15 is 0 Å². The van der Waals surface area contributed by atoms with Crippen molar-refractivity contribution in [3.8, 4) is 0 Å². The smallest absolute Gasteiger partial charge is 0.134 e. The largest absolute Gasteiger partial charge is 0.392 e. The van der Waals surface area contributed by atoms with Crippen molar-refractivity contribution in [2.75, 3.05) is 31.6 Å². The maximum atomic E-state index is 9.33. The van der Waals surface area contributed by atoms with E-state index in [2.05, 4.69) is 40.7 Å². The zero-order chi connectivity index (χ0) is 22.9. The standard InChI is InChI=1S/C27H32N4O2/c1-20-14-21(16-22(15-20)19-32)17-28-9-4-5-12-33-13-11-30-27-24-8-10-29-18-25(24)23-6-2-3-7-26(23)31-27/h2-3,6-8,10,14-16,18,28,32H,4-5,9,11-13,17,19H2,1H3,(H,30,31). The molecule has 0 aliphatic rings. The summed E-state index contributed by atoms with van der Waals surface area (Å²) in [5, 5.41) is 19.5. The molecule has 6 heteroatoms. The van der Waals surface area contributed by atoms with E-state index in [1.807, 2.05) is 36.5 Å². The number of unbranched alkanes of at least 4 members (excludes halogenated alkanes) is 1. The molecule has 3 N–H and O–H groups in total. The summed E-state index contributed by atoms with van der Waals surface area (Å²) in [4.78, 5) is 9.08. The Morgan fingerprint density at radius 3 is 2.70 bits per heavy atom. The average molecular weight is 445 g/mol. The van der Waals surface area contributed by atoms with E-state index in [0.717, 1.165) is 65.6 Å². The first-order chi connectivity index (χ1) is 16.2. The van der Waals surface area contributed by atoms with Gasteiger partial charge in [-0.2, -0.15) is 0 Å². The molecule has 0 bridgehead atoms. The Hall–Kier alpha value is -3.06. The summed E-state index contributed by atoms with van der Waals surface area (Å²) >= 11 is 0. The van der Waals surface area contributed by atoms with E-state index in [1.165, 1.54) is 11.1 Å². The molecule has 0 aliphatic heterocycles. The number of pyridine rings is 2.